The molecule has 5 atom stereocenters. The van der Waals surface area contributed by atoms with Crippen LogP contribution >= 0.6 is 0 Å². The van der Waals surface area contributed by atoms with Crippen molar-refractivity contribution in [2.75, 3.05) is 52.9 Å². The highest BCUT2D eigenvalue weighted by molar-refractivity contribution is 5.91. The Bertz CT molecular complexity index is 2500. The zero-order chi connectivity index (χ0) is 46.5. The van der Waals surface area contributed by atoms with E-state index in [9.17, 15) is 9.59 Å². The van der Waals surface area contributed by atoms with Crippen LogP contribution in [0.1, 0.15) is 76.7 Å². The van der Waals surface area contributed by atoms with Crippen molar-refractivity contribution < 1.29 is 52.2 Å². The predicted octanol–water partition coefficient (Wildman–Crippen LogP) is 11.1. The summed E-state index contributed by atoms with van der Waals surface area (Å²) in [6, 6.07) is 48.0. The Morgan fingerprint density at radius 2 is 1.00 bits per heavy atom. The molecule has 9 rings (SSSR count). The van der Waals surface area contributed by atoms with Gasteiger partial charge >= 0.3 is 11.9 Å². The van der Waals surface area contributed by atoms with E-state index in [1.807, 2.05) is 121 Å². The lowest BCUT2D eigenvalue weighted by atomic mass is 9.84. The van der Waals surface area contributed by atoms with Gasteiger partial charge in [0.15, 0.2) is 12.2 Å². The maximum Gasteiger partial charge on any atom is 0.338 e. The van der Waals surface area contributed by atoms with Gasteiger partial charge in [0.2, 0.25) is 0 Å². The Morgan fingerprint density at radius 1 is 0.544 bits per heavy atom. The van der Waals surface area contributed by atoms with E-state index in [4.69, 9.17) is 42.6 Å². The lowest BCUT2D eigenvalue weighted by molar-refractivity contribution is -0.133. The zero-order valence-corrected chi connectivity index (χ0v) is 38.4. The van der Waals surface area contributed by atoms with Crippen LogP contribution in [0.15, 0.2) is 158 Å². The van der Waals surface area contributed by atoms with E-state index in [0.29, 0.717) is 84.9 Å². The number of esters is 2. The molecule has 0 aromatic heterocycles. The summed E-state index contributed by atoms with van der Waals surface area (Å²) in [4.78, 5) is 27.8. The number of fused-ring (bicyclic) bond motifs is 1. The lowest BCUT2D eigenvalue weighted by Crippen LogP contribution is -2.46. The van der Waals surface area contributed by atoms with Crippen LogP contribution in [-0.2, 0) is 23.7 Å². The quantitative estimate of drug-likeness (QED) is 0.0347. The number of carbonyl (C=O) groups is 2. The van der Waals surface area contributed by atoms with Gasteiger partial charge in [-0.1, -0.05) is 91.9 Å². The molecule has 68 heavy (non-hydrogen) atoms. The van der Waals surface area contributed by atoms with Crippen molar-refractivity contribution in [2.45, 2.75) is 57.0 Å². The summed E-state index contributed by atoms with van der Waals surface area (Å²) in [7, 11) is 0. The second-order valence-electron chi connectivity index (χ2n) is 17.7. The van der Waals surface area contributed by atoms with Crippen LogP contribution in [0, 0.1) is 11.3 Å². The molecule has 2 aliphatic heterocycles. The highest BCUT2D eigenvalue weighted by Crippen LogP contribution is 2.40. The molecule has 6 aromatic carbocycles. The summed E-state index contributed by atoms with van der Waals surface area (Å²) in [5.41, 5.74) is 4.02. The molecule has 3 aliphatic rings. The molecule has 1 aliphatic carbocycles. The number of hydrogen-bond donors (Lipinski definition) is 0. The van der Waals surface area contributed by atoms with Crippen LogP contribution in [0.5, 0.6) is 23.0 Å². The molecule has 2 saturated heterocycles. The summed E-state index contributed by atoms with van der Waals surface area (Å²) < 4.78 is 53.2. The summed E-state index contributed by atoms with van der Waals surface area (Å²) in [5, 5.41) is 0. The van der Waals surface area contributed by atoms with E-state index in [1.54, 1.807) is 36.4 Å². The van der Waals surface area contributed by atoms with Gasteiger partial charge in [0.25, 0.3) is 0 Å². The SMILES string of the molecule is CCC1(COc2ccc(OCCOc3ccc(C(=O)OC(c4ccccc4)C(OC(=O)c4ccc(-c5ccc(OCCOCC6CCC7OC7C6)cc5)cc4)c4ccccc4)cc3)cc2)COC1. The van der Waals surface area contributed by atoms with Crippen molar-refractivity contribution in [3.8, 4) is 34.1 Å². The minimum atomic E-state index is -0.974. The molecule has 1 saturated carbocycles. The Morgan fingerprint density at radius 3 is 1.49 bits per heavy atom. The minimum Gasteiger partial charge on any atom is -0.493 e. The maximum atomic E-state index is 14.0. The third-order valence-corrected chi connectivity index (χ3v) is 12.9. The number of ether oxygens (including phenoxy) is 9. The second-order valence-corrected chi connectivity index (χ2v) is 17.7. The summed E-state index contributed by atoms with van der Waals surface area (Å²) in [6.45, 7) is 6.65. The van der Waals surface area contributed by atoms with Gasteiger partial charge in [-0.3, -0.25) is 0 Å². The topological polar surface area (TPSA) is 121 Å². The fraction of sp³-hybridized carbons (Fsp3) is 0.333. The lowest BCUT2D eigenvalue weighted by Gasteiger charge is -2.40. The molecule has 5 unspecified atom stereocenters. The third kappa shape index (κ3) is 12.3. The molecule has 0 N–H and O–H groups in total. The van der Waals surface area contributed by atoms with Gasteiger partial charge in [0.1, 0.15) is 42.8 Å². The van der Waals surface area contributed by atoms with Crippen molar-refractivity contribution in [3.63, 3.8) is 0 Å². The van der Waals surface area contributed by atoms with Gasteiger partial charge < -0.3 is 42.6 Å². The Hall–Kier alpha value is -6.66. The first-order valence-electron chi connectivity index (χ1n) is 23.6. The van der Waals surface area contributed by atoms with E-state index in [0.717, 1.165) is 61.7 Å². The monoisotopic (exact) mass is 918 g/mol. The molecule has 6 aromatic rings. The van der Waals surface area contributed by atoms with E-state index < -0.39 is 24.1 Å². The van der Waals surface area contributed by atoms with Crippen LogP contribution in [0.3, 0.4) is 0 Å². The first kappa shape index (κ1) is 46.5. The van der Waals surface area contributed by atoms with Gasteiger partial charge in [-0.25, -0.2) is 9.59 Å². The fourth-order valence-corrected chi connectivity index (χ4v) is 8.57. The van der Waals surface area contributed by atoms with Gasteiger partial charge in [0.05, 0.1) is 55.2 Å². The van der Waals surface area contributed by atoms with Crippen LogP contribution < -0.4 is 18.9 Å². The van der Waals surface area contributed by atoms with Gasteiger partial charge in [-0.2, -0.15) is 0 Å². The molecule has 0 amide bonds. The average molecular weight is 919 g/mol. The molecule has 0 spiro atoms. The Balaban J connectivity index is 0.779. The average Bonchev–Trinajstić information content (AvgIpc) is 4.17. The van der Waals surface area contributed by atoms with E-state index in [2.05, 4.69) is 6.92 Å². The molecule has 352 valence electrons. The van der Waals surface area contributed by atoms with Crippen LogP contribution in [0.25, 0.3) is 11.1 Å². The Kier molecular flexibility index (Phi) is 15.3. The summed E-state index contributed by atoms with van der Waals surface area (Å²) in [6.07, 6.45) is 3.47. The molecule has 2 heterocycles. The molecule has 11 nitrogen and oxygen atoms in total. The van der Waals surface area contributed by atoms with Crippen LogP contribution in [-0.4, -0.2) is 77.0 Å². The molecule has 0 radical (unpaired) electrons. The van der Waals surface area contributed by atoms with Crippen molar-refractivity contribution >= 4 is 11.9 Å². The van der Waals surface area contributed by atoms with Crippen molar-refractivity contribution in [2.24, 2.45) is 11.3 Å². The zero-order valence-electron chi connectivity index (χ0n) is 38.4. The van der Waals surface area contributed by atoms with Crippen molar-refractivity contribution in [3.05, 3.63) is 180 Å². The Labute approximate surface area is 398 Å². The minimum absolute atomic E-state index is 0.113. The van der Waals surface area contributed by atoms with Gasteiger partial charge in [-0.05, 0) is 127 Å². The highest BCUT2D eigenvalue weighted by atomic mass is 16.6. The summed E-state index contributed by atoms with van der Waals surface area (Å²) >= 11 is 0. The molecular formula is C57H58O11. The van der Waals surface area contributed by atoms with E-state index in [-0.39, 0.29) is 5.41 Å². The van der Waals surface area contributed by atoms with Gasteiger partial charge in [-0.15, -0.1) is 0 Å². The third-order valence-electron chi connectivity index (χ3n) is 12.9. The summed E-state index contributed by atoms with van der Waals surface area (Å²) in [5.74, 6) is 2.27. The highest BCUT2D eigenvalue weighted by Gasteiger charge is 2.43. The smallest absolute Gasteiger partial charge is 0.338 e. The van der Waals surface area contributed by atoms with Crippen molar-refractivity contribution in [1.82, 2.24) is 0 Å². The number of hydrogen-bond acceptors (Lipinski definition) is 11. The number of epoxide rings is 1. The molecular weight excluding hydrogens is 861 g/mol. The van der Waals surface area contributed by atoms with Gasteiger partial charge in [0, 0.05) is 6.61 Å². The number of benzene rings is 6. The first-order valence-corrected chi connectivity index (χ1v) is 23.6. The van der Waals surface area contributed by atoms with E-state index >= 15 is 0 Å². The normalized spacial score (nSPS) is 18.7. The van der Waals surface area contributed by atoms with Crippen LogP contribution in [0.4, 0.5) is 0 Å². The molecule has 3 fully saturated rings. The van der Waals surface area contributed by atoms with E-state index in [1.165, 1.54) is 6.42 Å². The first-order chi connectivity index (χ1) is 33.4. The maximum absolute atomic E-state index is 14.0. The predicted molar refractivity (Wildman–Crippen MR) is 256 cm³/mol. The largest absolute Gasteiger partial charge is 0.493 e. The van der Waals surface area contributed by atoms with Crippen LogP contribution in [0.2, 0.25) is 0 Å². The molecule has 0 bridgehead atoms. The standard InChI is InChI=1S/C57H58O11/c1-2-57(37-61-38-57)39-65-50-28-26-49(27-29-50)64-34-33-63-48-24-20-46(21-25-48)56(59)68-54(44-11-7-4-8-12-44)53(43-9-5-3-6-10-43)67-55(58)45-16-14-41(15-17-45)42-18-22-47(23-19-42)62-32-31-60-36-40-13-30-51-52(35-40)66-51/h3-12,14-29,40,51-54H,2,13,30-39H2,1H3. The number of carbonyl (C=O) groups excluding carboxylic acids is 2. The second kappa shape index (κ2) is 22.4. The van der Waals surface area contributed by atoms with Crippen molar-refractivity contribution in [1.29, 1.82) is 0 Å². The fourth-order valence-electron chi connectivity index (χ4n) is 8.57. The molecule has 11 heteroatoms. The number of rotatable bonds is 23.